The van der Waals surface area contributed by atoms with Crippen LogP contribution in [0.2, 0.25) is 0 Å². The van der Waals surface area contributed by atoms with E-state index in [1.165, 1.54) is 7.11 Å². The average molecular weight is 270 g/mol. The summed E-state index contributed by atoms with van der Waals surface area (Å²) in [7, 11) is 1.28. The predicted octanol–water partition coefficient (Wildman–Crippen LogP) is 3.06. The van der Waals surface area contributed by atoms with Crippen LogP contribution in [0.4, 0.5) is 18.9 Å². The Morgan fingerprint density at radius 2 is 1.93 bits per heavy atom. The maximum Gasteiger partial charge on any atom is 0.416 e. The summed E-state index contributed by atoms with van der Waals surface area (Å²) in [5.41, 5.74) is 4.54. The highest BCUT2D eigenvalue weighted by atomic mass is 79.9. The van der Waals surface area contributed by atoms with Gasteiger partial charge in [-0.3, -0.25) is 0 Å². The molecule has 6 heteroatoms. The van der Waals surface area contributed by atoms with E-state index >= 15 is 0 Å². The van der Waals surface area contributed by atoms with E-state index < -0.39 is 11.7 Å². The molecule has 0 fully saturated rings. The van der Waals surface area contributed by atoms with Crippen LogP contribution in [-0.4, -0.2) is 7.11 Å². The summed E-state index contributed by atoms with van der Waals surface area (Å²) in [5, 5.41) is 0. The predicted molar refractivity (Wildman–Crippen MR) is 50.1 cm³/mol. The van der Waals surface area contributed by atoms with Gasteiger partial charge in [-0.2, -0.15) is 13.2 Å². The molecule has 0 aliphatic carbocycles. The fourth-order valence-corrected chi connectivity index (χ4v) is 1.32. The lowest BCUT2D eigenvalue weighted by molar-refractivity contribution is -0.137. The highest BCUT2D eigenvalue weighted by molar-refractivity contribution is 9.10. The van der Waals surface area contributed by atoms with Crippen molar-refractivity contribution in [1.82, 2.24) is 0 Å². The Balaban J connectivity index is 3.30. The molecule has 0 atom stereocenters. The van der Waals surface area contributed by atoms with Crippen molar-refractivity contribution in [1.29, 1.82) is 0 Å². The monoisotopic (exact) mass is 269 g/mol. The number of nitrogens with two attached hydrogens (primary N) is 1. The van der Waals surface area contributed by atoms with Crippen LogP contribution in [0.1, 0.15) is 5.56 Å². The number of hydrogen-bond donors (Lipinski definition) is 1. The van der Waals surface area contributed by atoms with Crippen LogP contribution in [0.15, 0.2) is 16.6 Å². The van der Waals surface area contributed by atoms with Gasteiger partial charge in [0.25, 0.3) is 0 Å². The Morgan fingerprint density at radius 3 is 2.36 bits per heavy atom. The molecule has 0 heterocycles. The molecule has 1 rings (SSSR count). The van der Waals surface area contributed by atoms with E-state index in [-0.39, 0.29) is 11.4 Å². The minimum Gasteiger partial charge on any atom is -0.495 e. The molecule has 2 N–H and O–H groups in total. The molecule has 2 nitrogen and oxygen atoms in total. The fourth-order valence-electron chi connectivity index (χ4n) is 0.932. The van der Waals surface area contributed by atoms with Crippen molar-refractivity contribution < 1.29 is 17.9 Å². The Hall–Kier alpha value is -0.910. The molecular weight excluding hydrogens is 263 g/mol. The summed E-state index contributed by atoms with van der Waals surface area (Å²) in [5.74, 6) is 0.0670. The quantitative estimate of drug-likeness (QED) is 0.796. The van der Waals surface area contributed by atoms with Crippen LogP contribution in [0.3, 0.4) is 0 Å². The summed E-state index contributed by atoms with van der Waals surface area (Å²) >= 11 is 3.02. The molecule has 1 aromatic rings. The maximum atomic E-state index is 12.3. The van der Waals surface area contributed by atoms with Gasteiger partial charge in [-0.15, -0.1) is 0 Å². The number of nitrogen functional groups attached to an aromatic ring is 1. The molecule has 78 valence electrons. The molecule has 0 saturated heterocycles. The van der Waals surface area contributed by atoms with Gasteiger partial charge in [0.1, 0.15) is 5.75 Å². The molecule has 0 bridgehead atoms. The summed E-state index contributed by atoms with van der Waals surface area (Å²) in [6.45, 7) is 0. The molecule has 1 aromatic carbocycles. The zero-order valence-corrected chi connectivity index (χ0v) is 8.74. The van der Waals surface area contributed by atoms with Crippen molar-refractivity contribution in [3.8, 4) is 5.75 Å². The highest BCUT2D eigenvalue weighted by Crippen LogP contribution is 2.38. The lowest BCUT2D eigenvalue weighted by Crippen LogP contribution is -2.06. The van der Waals surface area contributed by atoms with Crippen molar-refractivity contribution in [2.24, 2.45) is 0 Å². The molecule has 14 heavy (non-hydrogen) atoms. The third kappa shape index (κ3) is 2.12. The normalized spacial score (nSPS) is 11.5. The molecule has 0 aromatic heterocycles. The standard InChI is InChI=1S/C8H7BrF3NO/c1-14-6-3-4(8(10,11)12)2-5(13)7(6)9/h2-3H,13H2,1H3. The fraction of sp³-hybridized carbons (Fsp3) is 0.250. The largest absolute Gasteiger partial charge is 0.495 e. The summed E-state index contributed by atoms with van der Waals surface area (Å²) in [6.07, 6.45) is -4.41. The SMILES string of the molecule is COc1cc(C(F)(F)F)cc(N)c1Br. The molecule has 0 unspecified atom stereocenters. The number of methoxy groups -OCH3 is 1. The van der Waals surface area contributed by atoms with Gasteiger partial charge in [-0.25, -0.2) is 0 Å². The van der Waals surface area contributed by atoms with E-state index in [2.05, 4.69) is 15.9 Å². The number of ether oxygens (including phenoxy) is 1. The maximum absolute atomic E-state index is 12.3. The van der Waals surface area contributed by atoms with Crippen LogP contribution in [-0.2, 0) is 6.18 Å². The number of hydrogen-bond acceptors (Lipinski definition) is 2. The number of halogens is 4. The number of benzene rings is 1. The van der Waals surface area contributed by atoms with E-state index in [4.69, 9.17) is 10.5 Å². The smallest absolute Gasteiger partial charge is 0.416 e. The molecule has 0 spiro atoms. The first-order valence-electron chi connectivity index (χ1n) is 3.56. The number of rotatable bonds is 1. The van der Waals surface area contributed by atoms with Crippen LogP contribution in [0, 0.1) is 0 Å². The van der Waals surface area contributed by atoms with Crippen molar-refractivity contribution in [3.63, 3.8) is 0 Å². The van der Waals surface area contributed by atoms with Gasteiger partial charge in [-0.05, 0) is 28.1 Å². The second kappa shape index (κ2) is 3.68. The molecule has 0 radical (unpaired) electrons. The van der Waals surface area contributed by atoms with Gasteiger partial charge < -0.3 is 10.5 Å². The Morgan fingerprint density at radius 1 is 1.36 bits per heavy atom. The van der Waals surface area contributed by atoms with E-state index in [1.54, 1.807) is 0 Å². The first-order chi connectivity index (χ1) is 6.36. The number of alkyl halides is 3. The van der Waals surface area contributed by atoms with Crippen LogP contribution < -0.4 is 10.5 Å². The van der Waals surface area contributed by atoms with Gasteiger partial charge in [0.2, 0.25) is 0 Å². The van der Waals surface area contributed by atoms with Crippen LogP contribution in [0.25, 0.3) is 0 Å². The van der Waals surface area contributed by atoms with Crippen molar-refractivity contribution in [2.45, 2.75) is 6.18 Å². The van der Waals surface area contributed by atoms with Crippen LogP contribution >= 0.6 is 15.9 Å². The summed E-state index contributed by atoms with van der Waals surface area (Å²) < 4.78 is 41.9. The van der Waals surface area contributed by atoms with Crippen molar-refractivity contribution >= 4 is 21.6 Å². The zero-order valence-electron chi connectivity index (χ0n) is 7.15. The summed E-state index contributed by atoms with van der Waals surface area (Å²) in [6, 6.07) is 1.74. The number of anilines is 1. The third-order valence-electron chi connectivity index (χ3n) is 1.61. The average Bonchev–Trinajstić information content (AvgIpc) is 2.07. The van der Waals surface area contributed by atoms with Crippen molar-refractivity contribution in [3.05, 3.63) is 22.2 Å². The molecule has 0 amide bonds. The second-order valence-electron chi connectivity index (χ2n) is 2.58. The third-order valence-corrected chi connectivity index (χ3v) is 2.46. The minimum absolute atomic E-state index is 0.00308. The van der Waals surface area contributed by atoms with Gasteiger partial charge in [0.05, 0.1) is 22.8 Å². The van der Waals surface area contributed by atoms with Gasteiger partial charge >= 0.3 is 6.18 Å². The molecular formula is C8H7BrF3NO. The van der Waals surface area contributed by atoms with E-state index in [9.17, 15) is 13.2 Å². The zero-order chi connectivity index (χ0) is 10.9. The first kappa shape index (κ1) is 11.2. The first-order valence-corrected chi connectivity index (χ1v) is 4.35. The van der Waals surface area contributed by atoms with E-state index in [1.807, 2.05) is 0 Å². The Bertz CT molecular complexity index is 351. The Labute approximate surface area is 87.0 Å². The Kier molecular flexibility index (Phi) is 2.94. The molecule has 0 aliphatic heterocycles. The van der Waals surface area contributed by atoms with Gasteiger partial charge in [0, 0.05) is 0 Å². The molecule has 0 saturated carbocycles. The van der Waals surface area contributed by atoms with E-state index in [0.29, 0.717) is 4.47 Å². The van der Waals surface area contributed by atoms with E-state index in [0.717, 1.165) is 12.1 Å². The topological polar surface area (TPSA) is 35.2 Å². The lowest BCUT2D eigenvalue weighted by atomic mass is 10.2. The van der Waals surface area contributed by atoms with Gasteiger partial charge in [0.15, 0.2) is 0 Å². The van der Waals surface area contributed by atoms with Crippen LogP contribution in [0.5, 0.6) is 5.75 Å². The van der Waals surface area contributed by atoms with Crippen molar-refractivity contribution in [2.75, 3.05) is 12.8 Å². The second-order valence-corrected chi connectivity index (χ2v) is 3.37. The van der Waals surface area contributed by atoms with Gasteiger partial charge in [-0.1, -0.05) is 0 Å². The summed E-state index contributed by atoms with van der Waals surface area (Å²) in [4.78, 5) is 0. The highest BCUT2D eigenvalue weighted by Gasteiger charge is 2.32. The minimum atomic E-state index is -4.41. The lowest BCUT2D eigenvalue weighted by Gasteiger charge is -2.11. The molecule has 0 aliphatic rings.